The van der Waals surface area contributed by atoms with E-state index in [0.717, 1.165) is 5.69 Å². The van der Waals surface area contributed by atoms with Crippen LogP contribution in [0.15, 0.2) is 29.2 Å². The number of nitrogens with zero attached hydrogens (tertiary/aromatic N) is 4. The number of piperazine rings is 1. The van der Waals surface area contributed by atoms with Crippen LogP contribution in [0.3, 0.4) is 0 Å². The zero-order chi connectivity index (χ0) is 17.3. The van der Waals surface area contributed by atoms with Gasteiger partial charge in [0.1, 0.15) is 5.02 Å². The molecule has 24 heavy (non-hydrogen) atoms. The Bertz CT molecular complexity index is 803. The van der Waals surface area contributed by atoms with Crippen LogP contribution in [0.1, 0.15) is 0 Å². The van der Waals surface area contributed by atoms with Crippen LogP contribution in [0.4, 0.5) is 15.8 Å². The van der Waals surface area contributed by atoms with Crippen LogP contribution in [-0.2, 0) is 7.05 Å². The third-order valence-corrected chi connectivity index (χ3v) is 4.54. The number of aryl methyl sites for hydroxylation is 1. The highest BCUT2D eigenvalue weighted by Gasteiger charge is 2.21. The number of anilines is 2. The summed E-state index contributed by atoms with van der Waals surface area (Å²) in [7, 11) is 3.01. The van der Waals surface area contributed by atoms with Gasteiger partial charge in [-0.2, -0.15) is 5.10 Å². The number of benzene rings is 1. The Labute approximate surface area is 144 Å². The molecule has 6 nitrogen and oxygen atoms in total. The first-order valence-corrected chi connectivity index (χ1v) is 7.94. The van der Waals surface area contributed by atoms with Crippen molar-refractivity contribution in [2.24, 2.45) is 7.05 Å². The van der Waals surface area contributed by atoms with Gasteiger partial charge in [0.05, 0.1) is 19.0 Å². The maximum Gasteiger partial charge on any atom is 0.287 e. The van der Waals surface area contributed by atoms with Gasteiger partial charge in [-0.3, -0.25) is 4.79 Å². The number of halogens is 2. The molecule has 0 atom stereocenters. The first-order chi connectivity index (χ1) is 11.5. The molecule has 1 aliphatic rings. The van der Waals surface area contributed by atoms with Crippen molar-refractivity contribution in [1.82, 2.24) is 9.78 Å². The van der Waals surface area contributed by atoms with E-state index >= 15 is 0 Å². The highest BCUT2D eigenvalue weighted by Crippen LogP contribution is 2.26. The molecule has 0 bridgehead atoms. The minimum absolute atomic E-state index is 0.177. The van der Waals surface area contributed by atoms with E-state index in [1.807, 2.05) is 11.0 Å². The molecule has 8 heteroatoms. The summed E-state index contributed by atoms with van der Waals surface area (Å²) < 4.78 is 20.0. The molecule has 0 radical (unpaired) electrons. The molecular weight excluding hydrogens is 335 g/mol. The highest BCUT2D eigenvalue weighted by atomic mass is 35.5. The van der Waals surface area contributed by atoms with Crippen molar-refractivity contribution in [2.75, 3.05) is 43.1 Å². The number of aromatic nitrogens is 2. The fourth-order valence-electron chi connectivity index (χ4n) is 2.78. The Balaban J connectivity index is 1.73. The largest absolute Gasteiger partial charge is 0.494 e. The number of hydrogen-bond acceptors (Lipinski definition) is 5. The van der Waals surface area contributed by atoms with E-state index in [9.17, 15) is 9.18 Å². The monoisotopic (exact) mass is 352 g/mol. The van der Waals surface area contributed by atoms with Gasteiger partial charge in [-0.05, 0) is 12.1 Å². The molecule has 128 valence electrons. The van der Waals surface area contributed by atoms with E-state index in [-0.39, 0.29) is 22.1 Å². The molecule has 0 spiro atoms. The number of methoxy groups -OCH3 is 1. The predicted octanol–water partition coefficient (Wildman–Crippen LogP) is 1.91. The summed E-state index contributed by atoms with van der Waals surface area (Å²) in [5.41, 5.74) is 1.13. The molecule has 1 aromatic heterocycles. The van der Waals surface area contributed by atoms with Crippen molar-refractivity contribution in [2.45, 2.75) is 0 Å². The lowest BCUT2D eigenvalue weighted by Crippen LogP contribution is -2.47. The topological polar surface area (TPSA) is 50.6 Å². The molecule has 2 heterocycles. The standard InChI is InChI=1S/C16H18ClFN4O2/c1-20-16(23)15(17)13(10-19-20)22-7-5-21(6-8-22)11-3-4-14(24-2)12(18)9-11/h3-4,9-10H,5-8H2,1-2H3. The van der Waals surface area contributed by atoms with Crippen molar-refractivity contribution in [3.8, 4) is 5.75 Å². The average Bonchev–Trinajstić information content (AvgIpc) is 2.60. The van der Waals surface area contributed by atoms with E-state index in [0.29, 0.717) is 31.9 Å². The summed E-state index contributed by atoms with van der Waals surface area (Å²) in [5, 5.41) is 4.20. The molecule has 2 aromatic rings. The van der Waals surface area contributed by atoms with Crippen LogP contribution in [0.5, 0.6) is 5.75 Å². The van der Waals surface area contributed by atoms with Crippen molar-refractivity contribution in [3.63, 3.8) is 0 Å². The van der Waals surface area contributed by atoms with Crippen LogP contribution >= 0.6 is 11.6 Å². The van der Waals surface area contributed by atoms with Crippen LogP contribution in [0.25, 0.3) is 0 Å². The zero-order valence-electron chi connectivity index (χ0n) is 13.5. The number of hydrogen-bond donors (Lipinski definition) is 0. The third kappa shape index (κ3) is 3.03. The second kappa shape index (κ2) is 6.68. The minimum atomic E-state index is -0.378. The first kappa shape index (κ1) is 16.6. The van der Waals surface area contributed by atoms with Crippen LogP contribution < -0.4 is 20.1 Å². The van der Waals surface area contributed by atoms with Crippen LogP contribution in [0, 0.1) is 5.82 Å². The highest BCUT2D eigenvalue weighted by molar-refractivity contribution is 6.33. The second-order valence-electron chi connectivity index (χ2n) is 5.57. The Morgan fingerprint density at radius 3 is 2.50 bits per heavy atom. The molecule has 1 fully saturated rings. The van der Waals surface area contributed by atoms with Gasteiger partial charge < -0.3 is 14.5 Å². The molecule has 0 N–H and O–H groups in total. The van der Waals surface area contributed by atoms with E-state index in [4.69, 9.17) is 16.3 Å². The number of rotatable bonds is 3. The minimum Gasteiger partial charge on any atom is -0.494 e. The molecule has 3 rings (SSSR count). The van der Waals surface area contributed by atoms with Crippen molar-refractivity contribution in [1.29, 1.82) is 0 Å². The van der Waals surface area contributed by atoms with Gasteiger partial charge in [0.25, 0.3) is 5.56 Å². The normalized spacial score (nSPS) is 14.8. The molecular formula is C16H18ClFN4O2. The van der Waals surface area contributed by atoms with Crippen molar-refractivity contribution < 1.29 is 9.13 Å². The van der Waals surface area contributed by atoms with Crippen molar-refractivity contribution in [3.05, 3.63) is 45.6 Å². The third-order valence-electron chi connectivity index (χ3n) is 4.18. The SMILES string of the molecule is COc1ccc(N2CCN(c3cnn(C)c(=O)c3Cl)CC2)cc1F. The first-order valence-electron chi connectivity index (χ1n) is 7.56. The lowest BCUT2D eigenvalue weighted by Gasteiger charge is -2.37. The molecule has 0 amide bonds. The van der Waals surface area contributed by atoms with E-state index < -0.39 is 0 Å². The molecule has 0 aliphatic carbocycles. The zero-order valence-corrected chi connectivity index (χ0v) is 14.3. The van der Waals surface area contributed by atoms with Crippen molar-refractivity contribution >= 4 is 23.0 Å². The predicted molar refractivity (Wildman–Crippen MR) is 91.9 cm³/mol. The van der Waals surface area contributed by atoms with Gasteiger partial charge in [0, 0.05) is 45.0 Å². The summed E-state index contributed by atoms with van der Waals surface area (Å²) in [6, 6.07) is 4.93. The van der Waals surface area contributed by atoms with Gasteiger partial charge in [0.2, 0.25) is 0 Å². The Hall–Kier alpha value is -2.28. The Morgan fingerprint density at radius 2 is 1.88 bits per heavy atom. The van der Waals surface area contributed by atoms with Crippen LogP contribution in [0.2, 0.25) is 5.02 Å². The Morgan fingerprint density at radius 1 is 1.21 bits per heavy atom. The molecule has 1 saturated heterocycles. The lowest BCUT2D eigenvalue weighted by molar-refractivity contribution is 0.386. The van der Waals surface area contributed by atoms with Gasteiger partial charge in [0.15, 0.2) is 11.6 Å². The number of ether oxygens (including phenoxy) is 1. The fraction of sp³-hybridized carbons (Fsp3) is 0.375. The maximum absolute atomic E-state index is 13.9. The van der Waals surface area contributed by atoms with Gasteiger partial charge in [-0.25, -0.2) is 9.07 Å². The summed E-state index contributed by atoms with van der Waals surface area (Å²) in [6.45, 7) is 2.72. The summed E-state index contributed by atoms with van der Waals surface area (Å²) in [5.74, 6) is -0.147. The fourth-order valence-corrected chi connectivity index (χ4v) is 3.07. The molecule has 0 unspecified atom stereocenters. The summed E-state index contributed by atoms with van der Waals surface area (Å²) in [6.07, 6.45) is 1.60. The van der Waals surface area contributed by atoms with E-state index in [1.165, 1.54) is 17.9 Å². The quantitative estimate of drug-likeness (QED) is 0.844. The molecule has 1 aromatic carbocycles. The van der Waals surface area contributed by atoms with E-state index in [2.05, 4.69) is 10.00 Å². The smallest absolute Gasteiger partial charge is 0.287 e. The summed E-state index contributed by atoms with van der Waals surface area (Å²) >= 11 is 6.15. The average molecular weight is 353 g/mol. The maximum atomic E-state index is 13.9. The Kier molecular flexibility index (Phi) is 4.62. The van der Waals surface area contributed by atoms with Gasteiger partial charge in [-0.1, -0.05) is 11.6 Å². The van der Waals surface area contributed by atoms with Crippen LogP contribution in [-0.4, -0.2) is 43.1 Å². The lowest BCUT2D eigenvalue weighted by atomic mass is 10.2. The van der Waals surface area contributed by atoms with Gasteiger partial charge in [-0.15, -0.1) is 0 Å². The second-order valence-corrected chi connectivity index (χ2v) is 5.94. The summed E-state index contributed by atoms with van der Waals surface area (Å²) in [4.78, 5) is 16.0. The van der Waals surface area contributed by atoms with Gasteiger partial charge >= 0.3 is 0 Å². The molecule has 0 saturated carbocycles. The van der Waals surface area contributed by atoms with E-state index in [1.54, 1.807) is 19.3 Å². The molecule has 1 aliphatic heterocycles.